The lowest BCUT2D eigenvalue weighted by atomic mass is 10.0. The summed E-state index contributed by atoms with van der Waals surface area (Å²) < 4.78 is 1.79. The molecule has 1 unspecified atom stereocenters. The maximum absolute atomic E-state index is 4.67. The van der Waals surface area contributed by atoms with Crippen LogP contribution in [0.15, 0.2) is 36.5 Å². The van der Waals surface area contributed by atoms with E-state index in [9.17, 15) is 0 Å². The first-order chi connectivity index (χ1) is 11.7. The molecule has 1 aliphatic rings. The van der Waals surface area contributed by atoms with Crippen molar-refractivity contribution in [2.45, 2.75) is 31.7 Å². The van der Waals surface area contributed by atoms with Crippen molar-refractivity contribution in [3.8, 4) is 0 Å². The van der Waals surface area contributed by atoms with Crippen molar-refractivity contribution in [1.82, 2.24) is 19.7 Å². The molecule has 0 aliphatic heterocycles. The van der Waals surface area contributed by atoms with E-state index in [0.29, 0.717) is 17.9 Å². The van der Waals surface area contributed by atoms with Gasteiger partial charge in [-0.05, 0) is 24.3 Å². The van der Waals surface area contributed by atoms with Gasteiger partial charge in [0.15, 0.2) is 5.65 Å². The fraction of sp³-hybridized carbons (Fsp3) is 0.389. The van der Waals surface area contributed by atoms with Crippen molar-refractivity contribution in [1.29, 1.82) is 0 Å². The monoisotopic (exact) mass is 322 g/mol. The number of hydrogen-bond acceptors (Lipinski definition) is 5. The first-order valence-corrected chi connectivity index (χ1v) is 8.46. The highest BCUT2D eigenvalue weighted by atomic mass is 15.3. The maximum atomic E-state index is 4.67. The van der Waals surface area contributed by atoms with E-state index in [-0.39, 0.29) is 0 Å². The molecule has 2 aromatic heterocycles. The van der Waals surface area contributed by atoms with Crippen molar-refractivity contribution >= 4 is 22.8 Å². The maximum Gasteiger partial charge on any atom is 0.226 e. The van der Waals surface area contributed by atoms with Gasteiger partial charge in [0.2, 0.25) is 5.95 Å². The van der Waals surface area contributed by atoms with Crippen molar-refractivity contribution in [3.05, 3.63) is 42.1 Å². The number of benzene rings is 1. The van der Waals surface area contributed by atoms with Crippen molar-refractivity contribution in [3.63, 3.8) is 0 Å². The summed E-state index contributed by atoms with van der Waals surface area (Å²) in [5, 5.41) is 12.2. The zero-order valence-electron chi connectivity index (χ0n) is 14.0. The van der Waals surface area contributed by atoms with Gasteiger partial charge >= 0.3 is 0 Å². The minimum atomic E-state index is 0.386. The van der Waals surface area contributed by atoms with E-state index in [2.05, 4.69) is 56.9 Å². The average Bonchev–Trinajstić information content (AvgIpc) is 3.35. The number of aromatic nitrogens is 4. The Morgan fingerprint density at radius 3 is 2.75 bits per heavy atom. The molecule has 2 N–H and O–H groups in total. The predicted molar refractivity (Wildman–Crippen MR) is 96.3 cm³/mol. The van der Waals surface area contributed by atoms with Crippen LogP contribution >= 0.6 is 0 Å². The SMILES string of the molecule is CC(CNc1nc(NC2CC2)c2cnn(C)c2n1)c1ccccc1. The van der Waals surface area contributed by atoms with Crippen LogP contribution in [0.25, 0.3) is 11.0 Å². The van der Waals surface area contributed by atoms with Crippen molar-refractivity contribution < 1.29 is 0 Å². The van der Waals surface area contributed by atoms with Gasteiger partial charge in [-0.3, -0.25) is 4.68 Å². The highest BCUT2D eigenvalue weighted by Crippen LogP contribution is 2.28. The molecule has 24 heavy (non-hydrogen) atoms. The topological polar surface area (TPSA) is 67.7 Å². The van der Waals surface area contributed by atoms with Crippen LogP contribution in [0.1, 0.15) is 31.2 Å². The molecule has 4 rings (SSSR count). The van der Waals surface area contributed by atoms with Gasteiger partial charge < -0.3 is 10.6 Å². The van der Waals surface area contributed by atoms with Crippen LogP contribution in [-0.2, 0) is 7.05 Å². The van der Waals surface area contributed by atoms with E-state index < -0.39 is 0 Å². The summed E-state index contributed by atoms with van der Waals surface area (Å²) in [6.07, 6.45) is 4.25. The van der Waals surface area contributed by atoms with E-state index in [4.69, 9.17) is 0 Å². The number of nitrogens with zero attached hydrogens (tertiary/aromatic N) is 4. The summed E-state index contributed by atoms with van der Waals surface area (Å²) >= 11 is 0. The Morgan fingerprint density at radius 1 is 1.21 bits per heavy atom. The second-order valence-corrected chi connectivity index (χ2v) is 6.51. The molecule has 1 aromatic carbocycles. The largest absolute Gasteiger partial charge is 0.367 e. The fourth-order valence-electron chi connectivity index (χ4n) is 2.78. The lowest BCUT2D eigenvalue weighted by Crippen LogP contribution is -2.14. The molecular formula is C18H22N6. The van der Waals surface area contributed by atoms with Crippen LogP contribution in [0.4, 0.5) is 11.8 Å². The Morgan fingerprint density at radius 2 is 2.00 bits per heavy atom. The number of rotatable bonds is 6. The lowest BCUT2D eigenvalue weighted by Gasteiger charge is -2.14. The summed E-state index contributed by atoms with van der Waals surface area (Å²) in [4.78, 5) is 9.30. The van der Waals surface area contributed by atoms with Crippen LogP contribution in [0.3, 0.4) is 0 Å². The molecule has 1 fully saturated rings. The molecule has 124 valence electrons. The molecular weight excluding hydrogens is 300 g/mol. The zero-order valence-corrected chi connectivity index (χ0v) is 14.0. The molecule has 0 radical (unpaired) electrons. The number of aryl methyl sites for hydroxylation is 1. The van der Waals surface area contributed by atoms with Crippen LogP contribution in [-0.4, -0.2) is 32.3 Å². The Balaban J connectivity index is 1.56. The molecule has 3 aromatic rings. The second kappa shape index (κ2) is 6.11. The fourth-order valence-corrected chi connectivity index (χ4v) is 2.78. The van der Waals surface area contributed by atoms with E-state index in [1.165, 1.54) is 18.4 Å². The molecule has 0 amide bonds. The van der Waals surface area contributed by atoms with Crippen LogP contribution in [0, 0.1) is 0 Å². The first kappa shape index (κ1) is 14.9. The first-order valence-electron chi connectivity index (χ1n) is 8.46. The van der Waals surface area contributed by atoms with Gasteiger partial charge in [-0.25, -0.2) is 0 Å². The van der Waals surface area contributed by atoms with Crippen LogP contribution < -0.4 is 10.6 Å². The third-order valence-corrected chi connectivity index (χ3v) is 4.45. The molecule has 0 spiro atoms. The van der Waals surface area contributed by atoms with Gasteiger partial charge in [0.25, 0.3) is 0 Å². The summed E-state index contributed by atoms with van der Waals surface area (Å²) in [6, 6.07) is 11.0. The van der Waals surface area contributed by atoms with Gasteiger partial charge in [-0.1, -0.05) is 37.3 Å². The lowest BCUT2D eigenvalue weighted by molar-refractivity contribution is 0.779. The van der Waals surface area contributed by atoms with Gasteiger partial charge in [-0.15, -0.1) is 0 Å². The average molecular weight is 322 g/mol. The number of anilines is 2. The van der Waals surface area contributed by atoms with E-state index >= 15 is 0 Å². The third-order valence-electron chi connectivity index (χ3n) is 4.45. The molecule has 1 saturated carbocycles. The summed E-state index contributed by atoms with van der Waals surface area (Å²) in [7, 11) is 1.91. The smallest absolute Gasteiger partial charge is 0.226 e. The van der Waals surface area contributed by atoms with E-state index in [1.807, 2.05) is 19.3 Å². The Hall–Kier alpha value is -2.63. The van der Waals surface area contributed by atoms with E-state index in [1.54, 1.807) is 4.68 Å². The zero-order chi connectivity index (χ0) is 16.5. The summed E-state index contributed by atoms with van der Waals surface area (Å²) in [6.45, 7) is 2.99. The summed E-state index contributed by atoms with van der Waals surface area (Å²) in [5.74, 6) is 1.92. The van der Waals surface area contributed by atoms with Crippen LogP contribution in [0.2, 0.25) is 0 Å². The molecule has 1 aliphatic carbocycles. The second-order valence-electron chi connectivity index (χ2n) is 6.51. The summed E-state index contributed by atoms with van der Waals surface area (Å²) in [5.41, 5.74) is 2.16. The minimum absolute atomic E-state index is 0.386. The minimum Gasteiger partial charge on any atom is -0.367 e. The standard InChI is InChI=1S/C18H22N6/c1-12(13-6-4-3-5-7-13)10-19-18-22-16(21-14-8-9-14)15-11-20-24(2)17(15)23-18/h3-7,11-12,14H,8-10H2,1-2H3,(H2,19,21,22,23). The van der Waals surface area contributed by atoms with Gasteiger partial charge in [0.1, 0.15) is 5.82 Å². The molecule has 0 bridgehead atoms. The quantitative estimate of drug-likeness (QED) is 0.730. The van der Waals surface area contributed by atoms with Gasteiger partial charge in [0, 0.05) is 19.6 Å². The normalized spacial score (nSPS) is 15.4. The molecule has 0 saturated heterocycles. The van der Waals surface area contributed by atoms with Crippen LogP contribution in [0.5, 0.6) is 0 Å². The number of fused-ring (bicyclic) bond motifs is 1. The Kier molecular flexibility index (Phi) is 3.80. The Labute approximate surface area is 141 Å². The van der Waals surface area contributed by atoms with Gasteiger partial charge in [0.05, 0.1) is 11.6 Å². The third kappa shape index (κ3) is 3.04. The molecule has 1 atom stereocenters. The highest BCUT2D eigenvalue weighted by molar-refractivity contribution is 5.87. The number of nitrogens with one attached hydrogen (secondary N) is 2. The molecule has 2 heterocycles. The Bertz CT molecular complexity index is 837. The van der Waals surface area contributed by atoms with Crippen molar-refractivity contribution in [2.75, 3.05) is 17.2 Å². The van der Waals surface area contributed by atoms with Crippen molar-refractivity contribution in [2.24, 2.45) is 7.05 Å². The predicted octanol–water partition coefficient (Wildman–Crippen LogP) is 3.15. The van der Waals surface area contributed by atoms with Gasteiger partial charge in [-0.2, -0.15) is 15.1 Å². The number of hydrogen-bond donors (Lipinski definition) is 2. The molecule has 6 heteroatoms. The highest BCUT2D eigenvalue weighted by Gasteiger charge is 2.23. The molecule has 6 nitrogen and oxygen atoms in total. The van der Waals surface area contributed by atoms with E-state index in [0.717, 1.165) is 23.4 Å².